The highest BCUT2D eigenvalue weighted by Gasteiger charge is 2.28. The van der Waals surface area contributed by atoms with E-state index in [4.69, 9.17) is 0 Å². The third-order valence-electron chi connectivity index (χ3n) is 3.78. The molecule has 0 saturated heterocycles. The minimum absolute atomic E-state index is 0.481. The quantitative estimate of drug-likeness (QED) is 0.688. The van der Waals surface area contributed by atoms with Crippen molar-refractivity contribution in [1.82, 2.24) is 4.90 Å². The molecule has 104 valence electrons. The summed E-state index contributed by atoms with van der Waals surface area (Å²) in [4.78, 5) is 4.89. The van der Waals surface area contributed by atoms with E-state index in [2.05, 4.69) is 73.3 Å². The van der Waals surface area contributed by atoms with Crippen molar-refractivity contribution in [3.8, 4) is 0 Å². The van der Waals surface area contributed by atoms with E-state index in [-0.39, 0.29) is 0 Å². The van der Waals surface area contributed by atoms with Crippen LogP contribution in [0.25, 0.3) is 0 Å². The molecule has 0 fully saturated rings. The number of anilines is 1. The zero-order valence-corrected chi connectivity index (χ0v) is 12.4. The largest absolute Gasteiger partial charge is 0.353 e. The van der Waals surface area contributed by atoms with Crippen molar-refractivity contribution in [3.05, 3.63) is 42.7 Å². The number of unbranched alkanes of at least 4 members (excludes halogenated alkanes) is 2. The summed E-state index contributed by atoms with van der Waals surface area (Å²) in [6.45, 7) is 6.80. The van der Waals surface area contributed by atoms with E-state index in [0.29, 0.717) is 12.2 Å². The van der Waals surface area contributed by atoms with Gasteiger partial charge in [-0.2, -0.15) is 0 Å². The Morgan fingerprint density at radius 2 is 1.79 bits per heavy atom. The van der Waals surface area contributed by atoms with Crippen LogP contribution in [-0.4, -0.2) is 17.1 Å². The molecule has 1 aliphatic rings. The molecule has 1 heterocycles. The molecule has 1 aromatic carbocycles. The van der Waals surface area contributed by atoms with Crippen LogP contribution >= 0.6 is 0 Å². The van der Waals surface area contributed by atoms with Crippen LogP contribution in [0.3, 0.4) is 0 Å². The first-order chi connectivity index (χ1) is 9.24. The normalized spacial score (nSPS) is 18.6. The smallest absolute Gasteiger partial charge is 0.106 e. The Morgan fingerprint density at radius 1 is 1.05 bits per heavy atom. The lowest BCUT2D eigenvalue weighted by Crippen LogP contribution is -2.42. The van der Waals surface area contributed by atoms with E-state index < -0.39 is 0 Å². The Hall–Kier alpha value is -1.44. The molecule has 2 rings (SSSR count). The summed E-state index contributed by atoms with van der Waals surface area (Å²) in [7, 11) is 0. The van der Waals surface area contributed by atoms with Gasteiger partial charge in [0.05, 0.1) is 0 Å². The fraction of sp³-hybridized carbons (Fsp3) is 0.529. The van der Waals surface area contributed by atoms with E-state index in [1.54, 1.807) is 0 Å². The molecular formula is C17H26N2. The van der Waals surface area contributed by atoms with Gasteiger partial charge < -0.3 is 9.80 Å². The number of hydrogen-bond acceptors (Lipinski definition) is 2. The van der Waals surface area contributed by atoms with Crippen LogP contribution in [-0.2, 0) is 0 Å². The Kier molecular flexibility index (Phi) is 4.89. The number of benzene rings is 1. The molecule has 0 saturated carbocycles. The van der Waals surface area contributed by atoms with Crippen LogP contribution in [0.5, 0.6) is 0 Å². The number of para-hydroxylation sites is 1. The van der Waals surface area contributed by atoms with Crippen molar-refractivity contribution in [2.45, 2.75) is 58.7 Å². The van der Waals surface area contributed by atoms with Crippen LogP contribution in [0, 0.1) is 0 Å². The highest BCUT2D eigenvalue weighted by Crippen LogP contribution is 2.28. The minimum Gasteiger partial charge on any atom is -0.353 e. The standard InChI is InChI=1S/C17H26N2/c1-4-5-7-12-17-18(15(2)3)13-14-19(17)16-10-8-6-9-11-16/h6,8-11,13-15,17H,4-5,7,12H2,1-3H3. The molecule has 0 aliphatic carbocycles. The van der Waals surface area contributed by atoms with Crippen LogP contribution in [0.15, 0.2) is 42.7 Å². The van der Waals surface area contributed by atoms with E-state index in [9.17, 15) is 0 Å². The van der Waals surface area contributed by atoms with Gasteiger partial charge in [-0.05, 0) is 38.8 Å². The van der Waals surface area contributed by atoms with Crippen molar-refractivity contribution in [2.75, 3.05) is 4.90 Å². The van der Waals surface area contributed by atoms with E-state index in [1.807, 2.05) is 0 Å². The van der Waals surface area contributed by atoms with Gasteiger partial charge in [-0.1, -0.05) is 38.0 Å². The molecule has 0 spiro atoms. The van der Waals surface area contributed by atoms with Gasteiger partial charge >= 0.3 is 0 Å². The molecule has 0 bridgehead atoms. The molecule has 1 aromatic rings. The van der Waals surface area contributed by atoms with Gasteiger partial charge in [0.25, 0.3) is 0 Å². The molecule has 0 N–H and O–H groups in total. The number of rotatable bonds is 6. The molecule has 2 heteroatoms. The van der Waals surface area contributed by atoms with Crippen LogP contribution < -0.4 is 4.90 Å². The molecule has 0 amide bonds. The first kappa shape index (κ1) is 14.0. The Bertz CT molecular complexity index is 397. The molecule has 1 unspecified atom stereocenters. The Labute approximate surface area is 117 Å². The average Bonchev–Trinajstić information content (AvgIpc) is 2.84. The lowest BCUT2D eigenvalue weighted by Gasteiger charge is -2.35. The number of nitrogens with zero attached hydrogens (tertiary/aromatic N) is 2. The maximum atomic E-state index is 2.47. The molecule has 0 aromatic heterocycles. The van der Waals surface area contributed by atoms with Gasteiger partial charge in [0.2, 0.25) is 0 Å². The second kappa shape index (κ2) is 6.65. The van der Waals surface area contributed by atoms with E-state index in [0.717, 1.165) is 0 Å². The summed E-state index contributed by atoms with van der Waals surface area (Å²) < 4.78 is 0. The highest BCUT2D eigenvalue weighted by atomic mass is 15.4. The fourth-order valence-corrected chi connectivity index (χ4v) is 2.73. The highest BCUT2D eigenvalue weighted by molar-refractivity contribution is 5.51. The second-order valence-corrected chi connectivity index (χ2v) is 5.56. The summed E-state index contributed by atoms with van der Waals surface area (Å²) in [6.07, 6.45) is 10.1. The van der Waals surface area contributed by atoms with Crippen molar-refractivity contribution in [2.24, 2.45) is 0 Å². The lowest BCUT2D eigenvalue weighted by molar-refractivity contribution is 0.233. The predicted octanol–water partition coefficient (Wildman–Crippen LogP) is 4.59. The SMILES string of the molecule is CCCCCC1N(c2ccccc2)C=CN1C(C)C. The average molecular weight is 258 g/mol. The molecule has 1 aliphatic heterocycles. The van der Waals surface area contributed by atoms with Gasteiger partial charge in [-0.3, -0.25) is 0 Å². The zero-order valence-electron chi connectivity index (χ0n) is 12.4. The fourth-order valence-electron chi connectivity index (χ4n) is 2.73. The minimum atomic E-state index is 0.481. The maximum Gasteiger partial charge on any atom is 0.106 e. The third-order valence-corrected chi connectivity index (χ3v) is 3.78. The summed E-state index contributed by atoms with van der Waals surface area (Å²) in [5.74, 6) is 0. The molecule has 1 atom stereocenters. The zero-order chi connectivity index (χ0) is 13.7. The topological polar surface area (TPSA) is 6.48 Å². The van der Waals surface area contributed by atoms with Crippen LogP contribution in [0.1, 0.15) is 46.5 Å². The van der Waals surface area contributed by atoms with Crippen molar-refractivity contribution >= 4 is 5.69 Å². The molecule has 2 nitrogen and oxygen atoms in total. The van der Waals surface area contributed by atoms with Gasteiger partial charge in [-0.25, -0.2) is 0 Å². The van der Waals surface area contributed by atoms with Crippen LogP contribution in [0.4, 0.5) is 5.69 Å². The summed E-state index contributed by atoms with van der Waals surface area (Å²) in [5.41, 5.74) is 1.29. The monoisotopic (exact) mass is 258 g/mol. The summed E-state index contributed by atoms with van der Waals surface area (Å²) >= 11 is 0. The first-order valence-corrected chi connectivity index (χ1v) is 7.53. The van der Waals surface area contributed by atoms with E-state index >= 15 is 0 Å². The Morgan fingerprint density at radius 3 is 2.42 bits per heavy atom. The van der Waals surface area contributed by atoms with Crippen molar-refractivity contribution in [3.63, 3.8) is 0 Å². The Balaban J connectivity index is 2.11. The van der Waals surface area contributed by atoms with Gasteiger partial charge in [0.15, 0.2) is 0 Å². The van der Waals surface area contributed by atoms with Gasteiger partial charge in [0, 0.05) is 24.1 Å². The summed E-state index contributed by atoms with van der Waals surface area (Å²) in [6, 6.07) is 11.3. The molecule has 19 heavy (non-hydrogen) atoms. The van der Waals surface area contributed by atoms with Gasteiger partial charge in [-0.15, -0.1) is 0 Å². The van der Waals surface area contributed by atoms with Crippen molar-refractivity contribution < 1.29 is 0 Å². The van der Waals surface area contributed by atoms with Gasteiger partial charge in [0.1, 0.15) is 6.17 Å². The molecular weight excluding hydrogens is 232 g/mol. The number of hydrogen-bond donors (Lipinski definition) is 0. The second-order valence-electron chi connectivity index (χ2n) is 5.56. The predicted molar refractivity (Wildman–Crippen MR) is 83.0 cm³/mol. The third kappa shape index (κ3) is 3.31. The van der Waals surface area contributed by atoms with E-state index in [1.165, 1.54) is 31.4 Å². The van der Waals surface area contributed by atoms with Crippen molar-refractivity contribution in [1.29, 1.82) is 0 Å². The first-order valence-electron chi connectivity index (χ1n) is 7.53. The van der Waals surface area contributed by atoms with Crippen LogP contribution in [0.2, 0.25) is 0 Å². The lowest BCUT2D eigenvalue weighted by atomic mass is 10.1. The summed E-state index contributed by atoms with van der Waals surface area (Å²) in [5, 5.41) is 0. The molecule has 0 radical (unpaired) electrons. The maximum absolute atomic E-state index is 2.47.